The summed E-state index contributed by atoms with van der Waals surface area (Å²) >= 11 is 24.3. The minimum Gasteiger partial charge on any atom is -0.460 e. The Morgan fingerprint density at radius 2 is 1.89 bits per heavy atom. The third-order valence-electron chi connectivity index (χ3n) is 4.22. The number of H-pyrrole nitrogens is 1. The van der Waals surface area contributed by atoms with Gasteiger partial charge in [-0.25, -0.2) is 9.78 Å². The molecule has 3 rings (SSSR count). The average Bonchev–Trinajstić information content (AvgIpc) is 2.56. The molecule has 6 nitrogen and oxygen atoms in total. The lowest BCUT2D eigenvalue weighted by Crippen LogP contribution is -2.28. The van der Waals surface area contributed by atoms with Crippen molar-refractivity contribution in [2.75, 3.05) is 11.1 Å². The zero-order chi connectivity index (χ0) is 20.7. The monoisotopic (exact) mass is 458 g/mol. The maximum Gasteiger partial charge on any atom is 0.337 e. The first kappa shape index (κ1) is 20.9. The molecular formula is C18H17Cl3N4O2S. The number of aromatic nitrogens is 2. The summed E-state index contributed by atoms with van der Waals surface area (Å²) in [6, 6.07) is 3.20. The molecule has 2 heterocycles. The Morgan fingerprint density at radius 3 is 2.54 bits per heavy atom. The molecule has 2 aromatic rings. The molecule has 0 fully saturated rings. The van der Waals surface area contributed by atoms with Crippen molar-refractivity contribution in [2.24, 2.45) is 0 Å². The number of nitrogen functional groups attached to an aromatic ring is 1. The maximum absolute atomic E-state index is 13.0. The zero-order valence-electron chi connectivity index (χ0n) is 15.2. The topological polar surface area (TPSA) is 93.0 Å². The van der Waals surface area contributed by atoms with Crippen LogP contribution in [0, 0.1) is 4.77 Å². The Labute approximate surface area is 182 Å². The first-order valence-electron chi connectivity index (χ1n) is 8.33. The molecule has 0 spiro atoms. The van der Waals surface area contributed by atoms with Gasteiger partial charge in [0.25, 0.3) is 0 Å². The molecular weight excluding hydrogens is 443 g/mol. The van der Waals surface area contributed by atoms with Crippen molar-refractivity contribution in [3.05, 3.63) is 54.4 Å². The van der Waals surface area contributed by atoms with Gasteiger partial charge < -0.3 is 20.8 Å². The summed E-state index contributed by atoms with van der Waals surface area (Å²) in [5, 5.41) is 3.93. The third kappa shape index (κ3) is 3.72. The van der Waals surface area contributed by atoms with E-state index in [1.54, 1.807) is 32.9 Å². The number of carbonyl (C=O) groups excluding carboxylic acids is 1. The van der Waals surface area contributed by atoms with Gasteiger partial charge in [0.2, 0.25) is 0 Å². The smallest absolute Gasteiger partial charge is 0.337 e. The number of anilines is 2. The molecule has 1 aliphatic heterocycles. The molecule has 0 bridgehead atoms. The summed E-state index contributed by atoms with van der Waals surface area (Å²) in [5.41, 5.74) is 7.99. The highest BCUT2D eigenvalue weighted by molar-refractivity contribution is 7.71. The number of fused-ring (bicyclic) bond motifs is 1. The molecule has 148 valence electrons. The van der Waals surface area contributed by atoms with E-state index in [-0.39, 0.29) is 21.7 Å². The van der Waals surface area contributed by atoms with Gasteiger partial charge in [0.15, 0.2) is 4.77 Å². The second-order valence-electron chi connectivity index (χ2n) is 6.53. The minimum atomic E-state index is -0.749. The van der Waals surface area contributed by atoms with Crippen molar-refractivity contribution < 1.29 is 9.53 Å². The van der Waals surface area contributed by atoms with Crippen LogP contribution in [0.25, 0.3) is 0 Å². The molecule has 28 heavy (non-hydrogen) atoms. The number of benzene rings is 1. The van der Waals surface area contributed by atoms with Crippen LogP contribution in [-0.4, -0.2) is 22.0 Å². The van der Waals surface area contributed by atoms with Gasteiger partial charge >= 0.3 is 5.97 Å². The Hall–Kier alpha value is -1.80. The number of rotatable bonds is 3. The van der Waals surface area contributed by atoms with Gasteiger partial charge in [-0.3, -0.25) is 0 Å². The number of allylic oxidation sites excluding steroid dienone is 1. The molecule has 0 amide bonds. The first-order chi connectivity index (χ1) is 13.1. The molecule has 4 N–H and O–H groups in total. The van der Waals surface area contributed by atoms with Gasteiger partial charge in [-0.05, 0) is 45.1 Å². The second-order valence-corrected chi connectivity index (χ2v) is 8.10. The number of aromatic amines is 1. The predicted octanol–water partition coefficient (Wildman–Crippen LogP) is 5.46. The van der Waals surface area contributed by atoms with Gasteiger partial charge in [0, 0.05) is 21.8 Å². The normalized spacial score (nSPS) is 16.0. The average molecular weight is 460 g/mol. The van der Waals surface area contributed by atoms with Crippen molar-refractivity contribution in [3.63, 3.8) is 0 Å². The van der Waals surface area contributed by atoms with Gasteiger partial charge in [0.1, 0.15) is 11.6 Å². The van der Waals surface area contributed by atoms with E-state index in [1.165, 1.54) is 0 Å². The number of nitrogens with zero attached hydrogens (tertiary/aromatic N) is 1. The van der Waals surface area contributed by atoms with E-state index < -0.39 is 11.9 Å². The van der Waals surface area contributed by atoms with Crippen molar-refractivity contribution in [2.45, 2.75) is 32.8 Å². The van der Waals surface area contributed by atoms with Crippen LogP contribution in [0.1, 0.15) is 37.8 Å². The number of hydrogen-bond donors (Lipinski definition) is 3. The van der Waals surface area contributed by atoms with Crippen LogP contribution in [0.15, 0.2) is 23.4 Å². The van der Waals surface area contributed by atoms with Crippen LogP contribution in [0.5, 0.6) is 0 Å². The van der Waals surface area contributed by atoms with Gasteiger partial charge in [-0.2, -0.15) is 0 Å². The Balaban J connectivity index is 2.36. The third-order valence-corrected chi connectivity index (χ3v) is 5.56. The largest absolute Gasteiger partial charge is 0.460 e. The van der Waals surface area contributed by atoms with E-state index in [2.05, 4.69) is 15.3 Å². The van der Waals surface area contributed by atoms with Crippen LogP contribution >= 0.6 is 47.0 Å². The fraction of sp³-hybridized carbons (Fsp3) is 0.278. The molecule has 1 aromatic heterocycles. The zero-order valence-corrected chi connectivity index (χ0v) is 18.3. The highest BCUT2D eigenvalue weighted by Crippen LogP contribution is 2.49. The number of hydrogen-bond acceptors (Lipinski definition) is 6. The summed E-state index contributed by atoms with van der Waals surface area (Å²) in [7, 11) is 0. The highest BCUT2D eigenvalue weighted by atomic mass is 35.5. The van der Waals surface area contributed by atoms with E-state index in [9.17, 15) is 4.79 Å². The van der Waals surface area contributed by atoms with E-state index >= 15 is 0 Å². The SMILES string of the molecule is CC1=C(C(=O)OC(C)C)C(c2c(Cl)ccc(Cl)c2Cl)c2c(nc(=S)[nH]c2N)N1. The van der Waals surface area contributed by atoms with Crippen LogP contribution in [-0.2, 0) is 9.53 Å². The minimum absolute atomic E-state index is 0.201. The lowest BCUT2D eigenvalue weighted by Gasteiger charge is -2.31. The van der Waals surface area contributed by atoms with Crippen LogP contribution in [0.2, 0.25) is 15.1 Å². The van der Waals surface area contributed by atoms with Gasteiger partial charge in [-0.1, -0.05) is 34.8 Å². The maximum atomic E-state index is 13.0. The van der Waals surface area contributed by atoms with Crippen molar-refractivity contribution in [3.8, 4) is 0 Å². The van der Waals surface area contributed by atoms with E-state index in [4.69, 9.17) is 57.5 Å². The standard InChI is InChI=1S/C18H17Cl3N4O2S/c1-6(2)27-17(26)10-7(3)23-16-13(15(22)24-18(28)25-16)12(10)11-8(19)4-5-9(20)14(11)21/h4-6,12H,1-3H3,(H4,22,23,24,25,28). The number of nitrogens with one attached hydrogen (secondary N) is 2. The summed E-state index contributed by atoms with van der Waals surface area (Å²) in [6.07, 6.45) is -0.322. The Kier molecular flexibility index (Phi) is 5.91. The number of nitrogens with two attached hydrogens (primary N) is 1. The van der Waals surface area contributed by atoms with E-state index in [0.29, 0.717) is 38.3 Å². The lowest BCUT2D eigenvalue weighted by molar-refractivity contribution is -0.142. The quantitative estimate of drug-likeness (QED) is 0.320. The molecule has 1 aliphatic rings. The molecule has 1 unspecified atom stereocenters. The second kappa shape index (κ2) is 7.91. The molecule has 1 atom stereocenters. The van der Waals surface area contributed by atoms with Crippen molar-refractivity contribution >= 4 is 64.6 Å². The van der Waals surface area contributed by atoms with E-state index in [1.807, 2.05) is 0 Å². The van der Waals surface area contributed by atoms with Crippen LogP contribution in [0.4, 0.5) is 11.6 Å². The Morgan fingerprint density at radius 1 is 1.25 bits per heavy atom. The highest BCUT2D eigenvalue weighted by Gasteiger charge is 2.38. The molecule has 10 heteroatoms. The van der Waals surface area contributed by atoms with Crippen molar-refractivity contribution in [1.82, 2.24) is 9.97 Å². The number of ether oxygens (including phenoxy) is 1. The van der Waals surface area contributed by atoms with Gasteiger partial charge in [-0.15, -0.1) is 0 Å². The van der Waals surface area contributed by atoms with Crippen molar-refractivity contribution in [1.29, 1.82) is 0 Å². The fourth-order valence-corrected chi connectivity index (χ4v) is 4.09. The van der Waals surface area contributed by atoms with E-state index in [0.717, 1.165) is 0 Å². The molecule has 1 aromatic carbocycles. The fourth-order valence-electron chi connectivity index (χ4n) is 3.14. The summed E-state index contributed by atoms with van der Waals surface area (Å²) in [6.45, 7) is 5.26. The summed E-state index contributed by atoms with van der Waals surface area (Å²) in [5.74, 6) is -0.621. The lowest BCUT2D eigenvalue weighted by atomic mass is 9.81. The van der Waals surface area contributed by atoms with Gasteiger partial charge in [0.05, 0.1) is 27.6 Å². The first-order valence-corrected chi connectivity index (χ1v) is 9.87. The molecule has 0 radical (unpaired) electrons. The molecule has 0 saturated carbocycles. The predicted molar refractivity (Wildman–Crippen MR) is 115 cm³/mol. The molecule has 0 saturated heterocycles. The number of esters is 1. The Bertz CT molecular complexity index is 1070. The van der Waals surface area contributed by atoms with Crippen LogP contribution < -0.4 is 11.1 Å². The van der Waals surface area contributed by atoms with Crippen LogP contribution in [0.3, 0.4) is 0 Å². The summed E-state index contributed by atoms with van der Waals surface area (Å²) < 4.78 is 5.65. The number of carbonyl (C=O) groups is 1. The number of halogens is 3. The summed E-state index contributed by atoms with van der Waals surface area (Å²) in [4.78, 5) is 20.1. The molecule has 0 aliphatic carbocycles.